The van der Waals surface area contributed by atoms with Crippen LogP contribution >= 0.6 is 39.1 Å². The molecule has 0 bridgehead atoms. The first-order valence-corrected chi connectivity index (χ1v) is 7.86. The number of hydrogen-bond donors (Lipinski definition) is 1. The van der Waals surface area contributed by atoms with Crippen LogP contribution in [0, 0.1) is 0 Å². The monoisotopic (exact) mass is 366 g/mol. The van der Waals surface area contributed by atoms with Gasteiger partial charge in [-0.15, -0.1) is 0 Å². The number of alkyl halides is 1. The molecule has 0 radical (unpaired) electrons. The molecule has 0 spiro atoms. The van der Waals surface area contributed by atoms with Crippen LogP contribution in [0.25, 0.3) is 0 Å². The van der Waals surface area contributed by atoms with E-state index in [0.29, 0.717) is 21.9 Å². The van der Waals surface area contributed by atoms with Crippen molar-refractivity contribution in [2.75, 3.05) is 25.5 Å². The minimum atomic E-state index is 0.0205. The normalized spacial score (nSPS) is 10.8. The summed E-state index contributed by atoms with van der Waals surface area (Å²) in [6.07, 6.45) is 0.913. The van der Waals surface area contributed by atoms with Gasteiger partial charge < -0.3 is 10.2 Å². The van der Waals surface area contributed by atoms with Gasteiger partial charge in [0.2, 0.25) is 5.91 Å². The number of nitrogens with one attached hydrogen (secondary N) is 1. The van der Waals surface area contributed by atoms with Crippen molar-refractivity contribution in [3.8, 4) is 0 Å². The van der Waals surface area contributed by atoms with Crippen molar-refractivity contribution in [2.24, 2.45) is 0 Å². The van der Waals surface area contributed by atoms with E-state index in [1.165, 1.54) is 0 Å². The maximum atomic E-state index is 11.0. The largest absolute Gasteiger partial charge is 0.355 e. The fourth-order valence-electron chi connectivity index (χ4n) is 1.65. The first-order chi connectivity index (χ1) is 9.02. The minimum absolute atomic E-state index is 0.0205. The van der Waals surface area contributed by atoms with E-state index in [1.54, 1.807) is 0 Å². The summed E-state index contributed by atoms with van der Waals surface area (Å²) in [7, 11) is 2.04. The highest BCUT2D eigenvalue weighted by Crippen LogP contribution is 2.23. The predicted molar refractivity (Wildman–Crippen MR) is 84.2 cm³/mol. The highest BCUT2D eigenvalue weighted by atomic mass is 79.9. The fraction of sp³-hybridized carbons (Fsp3) is 0.462. The number of halogens is 3. The second-order valence-electron chi connectivity index (χ2n) is 4.32. The molecule has 0 atom stereocenters. The lowest BCUT2D eigenvalue weighted by molar-refractivity contribution is -0.118. The third-order valence-corrected chi connectivity index (χ3v) is 3.84. The van der Waals surface area contributed by atoms with Gasteiger partial charge in [0.05, 0.1) is 15.4 Å². The van der Waals surface area contributed by atoms with Crippen molar-refractivity contribution in [2.45, 2.75) is 13.0 Å². The average molecular weight is 368 g/mol. The van der Waals surface area contributed by atoms with Gasteiger partial charge in [0, 0.05) is 13.1 Å². The quantitative estimate of drug-likeness (QED) is 0.592. The third-order valence-electron chi connectivity index (χ3n) is 2.60. The zero-order chi connectivity index (χ0) is 14.3. The van der Waals surface area contributed by atoms with Gasteiger partial charge in [-0.25, -0.2) is 0 Å². The molecule has 6 heteroatoms. The van der Waals surface area contributed by atoms with Crippen LogP contribution in [0.5, 0.6) is 0 Å². The Hall–Kier alpha value is -0.290. The molecule has 0 fully saturated rings. The summed E-state index contributed by atoms with van der Waals surface area (Å²) in [6, 6.07) is 5.66. The molecule has 0 heterocycles. The van der Waals surface area contributed by atoms with E-state index in [2.05, 4.69) is 26.1 Å². The molecule has 106 valence electrons. The number of hydrogen-bond acceptors (Lipinski definition) is 2. The molecule has 0 aliphatic heterocycles. The lowest BCUT2D eigenvalue weighted by Crippen LogP contribution is -2.28. The van der Waals surface area contributed by atoms with Crippen molar-refractivity contribution in [3.05, 3.63) is 33.8 Å². The molecule has 1 amide bonds. The minimum Gasteiger partial charge on any atom is -0.355 e. The van der Waals surface area contributed by atoms with E-state index < -0.39 is 0 Å². The first-order valence-electron chi connectivity index (χ1n) is 5.98. The van der Waals surface area contributed by atoms with E-state index in [9.17, 15) is 4.79 Å². The van der Waals surface area contributed by atoms with Crippen molar-refractivity contribution >= 4 is 45.0 Å². The van der Waals surface area contributed by atoms with Crippen molar-refractivity contribution in [3.63, 3.8) is 0 Å². The van der Waals surface area contributed by atoms with Crippen molar-refractivity contribution < 1.29 is 4.79 Å². The molecule has 0 saturated carbocycles. The lowest BCUT2D eigenvalue weighted by atomic mass is 10.2. The first kappa shape index (κ1) is 16.8. The molecule has 1 aromatic rings. The van der Waals surface area contributed by atoms with Gasteiger partial charge in [0.15, 0.2) is 0 Å². The van der Waals surface area contributed by atoms with Crippen LogP contribution in [-0.4, -0.2) is 36.3 Å². The van der Waals surface area contributed by atoms with Crippen molar-refractivity contribution in [1.29, 1.82) is 0 Å². The molecule has 19 heavy (non-hydrogen) atoms. The Morgan fingerprint density at radius 1 is 1.37 bits per heavy atom. The van der Waals surface area contributed by atoms with E-state index in [4.69, 9.17) is 23.2 Å². The summed E-state index contributed by atoms with van der Waals surface area (Å²) in [5.74, 6) is 0.0205. The van der Waals surface area contributed by atoms with Gasteiger partial charge in [0.1, 0.15) is 0 Å². The lowest BCUT2D eigenvalue weighted by Gasteiger charge is -2.17. The number of amides is 1. The number of carbonyl (C=O) groups excluding carboxylic acids is 1. The summed E-state index contributed by atoms with van der Waals surface area (Å²) in [5, 5.41) is 4.33. The Kier molecular flexibility index (Phi) is 7.76. The smallest absolute Gasteiger partial charge is 0.230 e. The summed E-state index contributed by atoms with van der Waals surface area (Å²) in [6.45, 7) is 2.40. The van der Waals surface area contributed by atoms with Gasteiger partial charge in [-0.2, -0.15) is 0 Å². The van der Waals surface area contributed by atoms with Crippen LogP contribution in [-0.2, 0) is 11.3 Å². The molecule has 0 aliphatic carbocycles. The standard InChI is InChI=1S/C13H17BrCl2N2O/c1-18(6-2-5-17-13(19)8-14)9-10-3-4-11(15)12(16)7-10/h3-4,7H,2,5-6,8-9H2,1H3,(H,17,19). The van der Waals surface area contributed by atoms with Gasteiger partial charge in [0.25, 0.3) is 0 Å². The maximum absolute atomic E-state index is 11.0. The molecule has 1 rings (SSSR count). The highest BCUT2D eigenvalue weighted by molar-refractivity contribution is 9.09. The van der Waals surface area contributed by atoms with Crippen LogP contribution in [0.2, 0.25) is 10.0 Å². The molecule has 0 aromatic heterocycles. The molecule has 1 N–H and O–H groups in total. The summed E-state index contributed by atoms with van der Waals surface area (Å²) in [5.41, 5.74) is 1.13. The second kappa shape index (κ2) is 8.80. The zero-order valence-corrected chi connectivity index (χ0v) is 13.9. The number of benzene rings is 1. The van der Waals surface area contributed by atoms with Crippen LogP contribution in [0.4, 0.5) is 0 Å². The summed E-state index contributed by atoms with van der Waals surface area (Å²) < 4.78 is 0. The van der Waals surface area contributed by atoms with E-state index >= 15 is 0 Å². The molecule has 0 unspecified atom stereocenters. The molecule has 0 aliphatic rings. The Morgan fingerprint density at radius 2 is 2.11 bits per heavy atom. The zero-order valence-electron chi connectivity index (χ0n) is 10.8. The highest BCUT2D eigenvalue weighted by Gasteiger charge is 2.04. The van der Waals surface area contributed by atoms with Crippen LogP contribution in [0.15, 0.2) is 18.2 Å². The molecular formula is C13H17BrCl2N2O. The van der Waals surface area contributed by atoms with E-state index in [1.807, 2.05) is 25.2 Å². The van der Waals surface area contributed by atoms with Gasteiger partial charge in [-0.1, -0.05) is 45.2 Å². The Balaban J connectivity index is 2.28. The van der Waals surface area contributed by atoms with E-state index in [0.717, 1.165) is 25.1 Å². The summed E-state index contributed by atoms with van der Waals surface area (Å²) >= 11 is 15.0. The SMILES string of the molecule is CN(CCCNC(=O)CBr)Cc1ccc(Cl)c(Cl)c1. The van der Waals surface area contributed by atoms with Gasteiger partial charge >= 0.3 is 0 Å². The van der Waals surface area contributed by atoms with Gasteiger partial charge in [-0.3, -0.25) is 4.79 Å². The predicted octanol–water partition coefficient (Wildman–Crippen LogP) is 3.33. The van der Waals surface area contributed by atoms with E-state index in [-0.39, 0.29) is 5.91 Å². The topological polar surface area (TPSA) is 32.3 Å². The molecule has 3 nitrogen and oxygen atoms in total. The second-order valence-corrected chi connectivity index (χ2v) is 5.70. The third kappa shape index (κ3) is 6.61. The van der Waals surface area contributed by atoms with Crippen LogP contribution in [0.3, 0.4) is 0 Å². The van der Waals surface area contributed by atoms with Crippen LogP contribution in [0.1, 0.15) is 12.0 Å². The molecular weight excluding hydrogens is 351 g/mol. The summed E-state index contributed by atoms with van der Waals surface area (Å²) in [4.78, 5) is 13.2. The Morgan fingerprint density at radius 3 is 2.74 bits per heavy atom. The molecule has 1 aromatic carbocycles. The van der Waals surface area contributed by atoms with Crippen LogP contribution < -0.4 is 5.32 Å². The number of nitrogens with zero attached hydrogens (tertiary/aromatic N) is 1. The average Bonchev–Trinajstić information content (AvgIpc) is 2.38. The number of rotatable bonds is 7. The molecule has 0 saturated heterocycles. The number of carbonyl (C=O) groups is 1. The Bertz CT molecular complexity index is 429. The Labute approximate surface area is 132 Å². The maximum Gasteiger partial charge on any atom is 0.230 e. The van der Waals surface area contributed by atoms with Gasteiger partial charge in [-0.05, 0) is 37.7 Å². The fourth-order valence-corrected chi connectivity index (χ4v) is 2.17. The van der Waals surface area contributed by atoms with Crippen molar-refractivity contribution in [1.82, 2.24) is 10.2 Å².